The van der Waals surface area contributed by atoms with Crippen molar-refractivity contribution < 1.29 is 27.4 Å². The van der Waals surface area contributed by atoms with Crippen LogP contribution in [-0.4, -0.2) is 39.1 Å². The highest BCUT2D eigenvalue weighted by atomic mass is 32.2. The molecule has 1 amide bonds. The van der Waals surface area contributed by atoms with E-state index in [0.717, 1.165) is 12.2 Å². The van der Waals surface area contributed by atoms with Crippen LogP contribution in [0.3, 0.4) is 0 Å². The maximum absolute atomic E-state index is 12.6. The third-order valence-electron chi connectivity index (χ3n) is 4.91. The van der Waals surface area contributed by atoms with E-state index in [1.54, 1.807) is 30.5 Å². The van der Waals surface area contributed by atoms with Crippen LogP contribution in [0.5, 0.6) is 23.1 Å². The smallest absolute Gasteiger partial charge is 0.241 e. The molecule has 0 unspecified atom stereocenters. The second-order valence-corrected chi connectivity index (χ2v) is 9.34. The van der Waals surface area contributed by atoms with Crippen LogP contribution >= 0.6 is 0 Å². The molecule has 1 heterocycles. The first-order valence-electron chi connectivity index (χ1n) is 11.1. The second-order valence-electron chi connectivity index (χ2n) is 7.63. The van der Waals surface area contributed by atoms with Gasteiger partial charge in [-0.05, 0) is 67.9 Å². The van der Waals surface area contributed by atoms with E-state index < -0.39 is 22.0 Å². The molecule has 0 aliphatic heterocycles. The van der Waals surface area contributed by atoms with Gasteiger partial charge in [-0.25, -0.2) is 13.4 Å². The molecule has 35 heavy (non-hydrogen) atoms. The molecule has 0 aliphatic carbocycles. The van der Waals surface area contributed by atoms with Crippen molar-refractivity contribution in [1.29, 1.82) is 0 Å². The van der Waals surface area contributed by atoms with E-state index in [1.807, 2.05) is 19.1 Å². The Labute approximate surface area is 205 Å². The maximum atomic E-state index is 12.6. The van der Waals surface area contributed by atoms with E-state index in [9.17, 15) is 13.2 Å². The Morgan fingerprint density at radius 1 is 1.00 bits per heavy atom. The molecule has 3 rings (SSSR count). The van der Waals surface area contributed by atoms with Gasteiger partial charge in [-0.3, -0.25) is 4.79 Å². The molecule has 0 radical (unpaired) electrons. The average molecular weight is 500 g/mol. The van der Waals surface area contributed by atoms with Crippen molar-refractivity contribution in [3.63, 3.8) is 0 Å². The van der Waals surface area contributed by atoms with Crippen LogP contribution in [0.2, 0.25) is 0 Å². The summed E-state index contributed by atoms with van der Waals surface area (Å²) in [6.45, 7) is 4.25. The zero-order chi connectivity index (χ0) is 25.3. The monoisotopic (exact) mass is 499 g/mol. The number of ether oxygens (including phenoxy) is 3. The number of nitrogens with zero attached hydrogens (tertiary/aromatic N) is 1. The van der Waals surface area contributed by atoms with Gasteiger partial charge in [0.05, 0.1) is 24.7 Å². The summed E-state index contributed by atoms with van der Waals surface area (Å²) < 4.78 is 44.1. The number of carbonyl (C=O) groups excluding carboxylic acids is 1. The summed E-state index contributed by atoms with van der Waals surface area (Å²) in [4.78, 5) is 16.9. The van der Waals surface area contributed by atoms with Crippen LogP contribution in [0.4, 0.5) is 0 Å². The number of aromatic nitrogens is 1. The Balaban J connectivity index is 1.59. The van der Waals surface area contributed by atoms with Gasteiger partial charge in [0.25, 0.3) is 0 Å². The molecule has 0 saturated carbocycles. The molecule has 0 spiro atoms. The van der Waals surface area contributed by atoms with Crippen molar-refractivity contribution in [3.8, 4) is 23.1 Å². The molecule has 0 aliphatic rings. The largest absolute Gasteiger partial charge is 0.497 e. The topological polar surface area (TPSA) is 116 Å². The predicted molar refractivity (Wildman–Crippen MR) is 131 cm³/mol. The van der Waals surface area contributed by atoms with E-state index in [1.165, 1.54) is 38.3 Å². The normalized spacial score (nSPS) is 12.0. The SMILES string of the molecule is CCCOc1ccc(Oc2ncccc2CNC(=O)[C@H](C)NS(=O)(=O)c2ccc(OC)cc2)cc1. The zero-order valence-corrected chi connectivity index (χ0v) is 20.7. The first-order chi connectivity index (χ1) is 16.8. The number of nitrogens with one attached hydrogen (secondary N) is 2. The lowest BCUT2D eigenvalue weighted by Crippen LogP contribution is -2.44. The number of methoxy groups -OCH3 is 1. The number of hydrogen-bond donors (Lipinski definition) is 2. The van der Waals surface area contributed by atoms with Crippen LogP contribution in [0.15, 0.2) is 71.8 Å². The quantitative estimate of drug-likeness (QED) is 0.391. The van der Waals surface area contributed by atoms with Crippen molar-refractivity contribution in [1.82, 2.24) is 15.0 Å². The van der Waals surface area contributed by atoms with Crippen LogP contribution in [-0.2, 0) is 21.4 Å². The van der Waals surface area contributed by atoms with Crippen molar-refractivity contribution >= 4 is 15.9 Å². The Hall–Kier alpha value is -3.63. The second kappa shape index (κ2) is 12.2. The molecule has 3 aromatic rings. The Kier molecular flexibility index (Phi) is 9.04. The standard InChI is InChI=1S/C25H29N3O6S/c1-4-16-33-21-7-9-22(10-8-21)34-25-19(6-5-15-26-25)17-27-24(29)18(2)28-35(30,31)23-13-11-20(32-3)12-14-23/h5-15,18,28H,4,16-17H2,1-3H3,(H,27,29)/t18-/m0/s1. The Bertz CT molecular complexity index is 1210. The van der Waals surface area contributed by atoms with Crippen molar-refractivity contribution in [2.24, 2.45) is 0 Å². The third-order valence-corrected chi connectivity index (χ3v) is 6.47. The van der Waals surface area contributed by atoms with Gasteiger partial charge in [-0.1, -0.05) is 13.0 Å². The molecular weight excluding hydrogens is 470 g/mol. The molecule has 10 heteroatoms. The fourth-order valence-corrected chi connectivity index (χ4v) is 4.23. The minimum atomic E-state index is -3.88. The molecule has 0 bridgehead atoms. The highest BCUT2D eigenvalue weighted by molar-refractivity contribution is 7.89. The first-order valence-corrected chi connectivity index (χ1v) is 12.6. The fraction of sp³-hybridized carbons (Fsp3) is 0.280. The van der Waals surface area contributed by atoms with Crippen molar-refractivity contribution in [3.05, 3.63) is 72.4 Å². The minimum absolute atomic E-state index is 0.0343. The zero-order valence-electron chi connectivity index (χ0n) is 19.9. The number of pyridine rings is 1. The Morgan fingerprint density at radius 3 is 2.31 bits per heavy atom. The van der Waals surface area contributed by atoms with Gasteiger partial charge in [0, 0.05) is 18.3 Å². The predicted octanol–water partition coefficient (Wildman–Crippen LogP) is 3.65. The third kappa shape index (κ3) is 7.43. The highest BCUT2D eigenvalue weighted by Gasteiger charge is 2.22. The molecule has 0 saturated heterocycles. The lowest BCUT2D eigenvalue weighted by atomic mass is 10.2. The van der Waals surface area contributed by atoms with Crippen LogP contribution < -0.4 is 24.2 Å². The van der Waals surface area contributed by atoms with Crippen LogP contribution in [0.25, 0.3) is 0 Å². The molecule has 1 aromatic heterocycles. The summed E-state index contributed by atoms with van der Waals surface area (Å²) in [5, 5.41) is 2.72. The number of carbonyl (C=O) groups is 1. The van der Waals surface area contributed by atoms with Gasteiger partial charge >= 0.3 is 0 Å². The number of benzene rings is 2. The number of hydrogen-bond acceptors (Lipinski definition) is 7. The number of sulfonamides is 1. The van der Waals surface area contributed by atoms with Crippen LogP contribution in [0, 0.1) is 0 Å². The molecule has 0 fully saturated rings. The molecule has 9 nitrogen and oxygen atoms in total. The molecule has 2 aromatic carbocycles. The molecular formula is C25H29N3O6S. The summed E-state index contributed by atoms with van der Waals surface area (Å²) in [5.41, 5.74) is 0.636. The number of rotatable bonds is 12. The average Bonchev–Trinajstić information content (AvgIpc) is 2.87. The molecule has 186 valence electrons. The fourth-order valence-electron chi connectivity index (χ4n) is 3.03. The van der Waals surface area contributed by atoms with Gasteiger partial charge in [0.15, 0.2) is 0 Å². The summed E-state index contributed by atoms with van der Waals surface area (Å²) in [7, 11) is -2.39. The van der Waals surface area contributed by atoms with Gasteiger partial charge in [0.2, 0.25) is 21.8 Å². The van der Waals surface area contributed by atoms with E-state index in [4.69, 9.17) is 14.2 Å². The lowest BCUT2D eigenvalue weighted by Gasteiger charge is -2.16. The van der Waals surface area contributed by atoms with E-state index >= 15 is 0 Å². The summed E-state index contributed by atoms with van der Waals surface area (Å²) in [6, 6.07) is 15.6. The summed E-state index contributed by atoms with van der Waals surface area (Å²) in [5.74, 6) is 1.69. The van der Waals surface area contributed by atoms with E-state index in [0.29, 0.717) is 29.5 Å². The maximum Gasteiger partial charge on any atom is 0.241 e. The van der Waals surface area contributed by atoms with E-state index in [-0.39, 0.29) is 11.4 Å². The molecule has 2 N–H and O–H groups in total. The van der Waals surface area contributed by atoms with Crippen molar-refractivity contribution in [2.45, 2.75) is 37.8 Å². The van der Waals surface area contributed by atoms with E-state index in [2.05, 4.69) is 15.0 Å². The molecule has 1 atom stereocenters. The summed E-state index contributed by atoms with van der Waals surface area (Å²) >= 11 is 0. The van der Waals surface area contributed by atoms with Crippen molar-refractivity contribution in [2.75, 3.05) is 13.7 Å². The van der Waals surface area contributed by atoms with Gasteiger partial charge in [0.1, 0.15) is 17.2 Å². The number of amides is 1. The van der Waals surface area contributed by atoms with Gasteiger partial charge < -0.3 is 19.5 Å². The lowest BCUT2D eigenvalue weighted by molar-refractivity contribution is -0.122. The van der Waals surface area contributed by atoms with Gasteiger partial charge in [-0.15, -0.1) is 0 Å². The Morgan fingerprint density at radius 2 is 1.66 bits per heavy atom. The minimum Gasteiger partial charge on any atom is -0.497 e. The first kappa shape index (κ1) is 26.0. The van der Waals surface area contributed by atoms with Crippen LogP contribution in [0.1, 0.15) is 25.8 Å². The summed E-state index contributed by atoms with van der Waals surface area (Å²) in [6.07, 6.45) is 2.51. The van der Waals surface area contributed by atoms with Gasteiger partial charge in [-0.2, -0.15) is 4.72 Å². The highest BCUT2D eigenvalue weighted by Crippen LogP contribution is 2.25.